The number of nitrogens with one attached hydrogen (secondary N) is 2. The van der Waals surface area contributed by atoms with Crippen LogP contribution in [0.3, 0.4) is 0 Å². The first-order chi connectivity index (χ1) is 12.8. The molecule has 0 radical (unpaired) electrons. The molecular formula is C18H14Cl2N2O3S2. The summed E-state index contributed by atoms with van der Waals surface area (Å²) in [7, 11) is -3.74. The standard InChI is InChI=1S/C18H14Cl2N2O3S2/c1-11-7-8-12(21-18(23)14-10-16(19)26-17(14)20)9-15(11)22-27(24,25)13-5-3-2-4-6-13/h2-10,22H,1H3,(H,21,23). The second kappa shape index (κ2) is 7.90. The summed E-state index contributed by atoms with van der Waals surface area (Å²) in [6.07, 6.45) is 0. The van der Waals surface area contributed by atoms with Crippen LogP contribution in [-0.2, 0) is 10.0 Å². The van der Waals surface area contributed by atoms with Crippen molar-refractivity contribution in [3.05, 3.63) is 74.4 Å². The Morgan fingerprint density at radius 1 is 1.04 bits per heavy atom. The summed E-state index contributed by atoms with van der Waals surface area (Å²) in [6, 6.07) is 14.5. The summed E-state index contributed by atoms with van der Waals surface area (Å²) in [4.78, 5) is 12.5. The Morgan fingerprint density at radius 2 is 1.74 bits per heavy atom. The maximum atomic E-state index is 12.5. The zero-order valence-electron chi connectivity index (χ0n) is 14.0. The average Bonchev–Trinajstić information content (AvgIpc) is 2.97. The lowest BCUT2D eigenvalue weighted by Gasteiger charge is -2.13. The summed E-state index contributed by atoms with van der Waals surface area (Å²) >= 11 is 13.0. The van der Waals surface area contributed by atoms with Gasteiger partial charge in [-0.2, -0.15) is 0 Å². The van der Waals surface area contributed by atoms with Gasteiger partial charge < -0.3 is 5.32 Å². The van der Waals surface area contributed by atoms with E-state index in [0.29, 0.717) is 21.3 Å². The SMILES string of the molecule is Cc1ccc(NC(=O)c2cc(Cl)sc2Cl)cc1NS(=O)(=O)c1ccccc1. The summed E-state index contributed by atoms with van der Waals surface area (Å²) in [5.74, 6) is -0.427. The predicted molar refractivity (Wildman–Crippen MR) is 111 cm³/mol. The van der Waals surface area contributed by atoms with Crippen LogP contribution >= 0.6 is 34.5 Å². The van der Waals surface area contributed by atoms with Gasteiger partial charge in [0.15, 0.2) is 0 Å². The second-order valence-electron chi connectivity index (χ2n) is 5.64. The molecule has 2 aromatic carbocycles. The van der Waals surface area contributed by atoms with Gasteiger partial charge in [0, 0.05) is 5.69 Å². The third kappa shape index (κ3) is 4.62. The smallest absolute Gasteiger partial charge is 0.261 e. The topological polar surface area (TPSA) is 75.3 Å². The number of carbonyl (C=O) groups is 1. The van der Waals surface area contributed by atoms with E-state index in [1.54, 1.807) is 43.3 Å². The van der Waals surface area contributed by atoms with Crippen molar-refractivity contribution in [2.75, 3.05) is 10.0 Å². The molecule has 9 heteroatoms. The zero-order chi connectivity index (χ0) is 19.6. The molecule has 0 unspecified atom stereocenters. The van der Waals surface area contributed by atoms with Crippen LogP contribution in [0, 0.1) is 6.92 Å². The van der Waals surface area contributed by atoms with Gasteiger partial charge in [-0.05, 0) is 42.8 Å². The van der Waals surface area contributed by atoms with E-state index < -0.39 is 15.9 Å². The van der Waals surface area contributed by atoms with Crippen molar-refractivity contribution < 1.29 is 13.2 Å². The molecule has 0 saturated carbocycles. The molecule has 1 aromatic heterocycles. The Bertz CT molecular complexity index is 1100. The molecule has 0 aliphatic rings. The van der Waals surface area contributed by atoms with Crippen LogP contribution in [0.1, 0.15) is 15.9 Å². The van der Waals surface area contributed by atoms with Crippen molar-refractivity contribution in [1.82, 2.24) is 0 Å². The van der Waals surface area contributed by atoms with Gasteiger partial charge >= 0.3 is 0 Å². The first kappa shape index (κ1) is 19.7. The van der Waals surface area contributed by atoms with E-state index in [-0.39, 0.29) is 14.8 Å². The molecule has 1 heterocycles. The van der Waals surface area contributed by atoms with Gasteiger partial charge in [-0.1, -0.05) is 47.5 Å². The van der Waals surface area contributed by atoms with Crippen molar-refractivity contribution in [1.29, 1.82) is 0 Å². The molecule has 1 amide bonds. The largest absolute Gasteiger partial charge is 0.322 e. The monoisotopic (exact) mass is 440 g/mol. The molecule has 3 rings (SSSR count). The van der Waals surface area contributed by atoms with E-state index in [0.717, 1.165) is 11.3 Å². The van der Waals surface area contributed by atoms with Crippen LogP contribution in [0.5, 0.6) is 0 Å². The van der Waals surface area contributed by atoms with Crippen molar-refractivity contribution >= 4 is 61.8 Å². The number of halogens is 2. The molecule has 2 N–H and O–H groups in total. The molecular weight excluding hydrogens is 427 g/mol. The zero-order valence-corrected chi connectivity index (χ0v) is 17.1. The molecule has 5 nitrogen and oxygen atoms in total. The van der Waals surface area contributed by atoms with Crippen molar-refractivity contribution in [2.45, 2.75) is 11.8 Å². The van der Waals surface area contributed by atoms with Crippen LogP contribution in [0.2, 0.25) is 8.67 Å². The summed E-state index contributed by atoms with van der Waals surface area (Å²) in [6.45, 7) is 1.77. The quantitative estimate of drug-likeness (QED) is 0.556. The third-order valence-electron chi connectivity index (χ3n) is 3.69. The van der Waals surface area contributed by atoms with E-state index in [2.05, 4.69) is 10.0 Å². The van der Waals surface area contributed by atoms with Crippen molar-refractivity contribution in [3.8, 4) is 0 Å². The van der Waals surface area contributed by atoms with Gasteiger partial charge in [0.25, 0.3) is 15.9 Å². The highest BCUT2D eigenvalue weighted by Crippen LogP contribution is 2.32. The lowest BCUT2D eigenvalue weighted by molar-refractivity contribution is 0.102. The van der Waals surface area contributed by atoms with Crippen LogP contribution in [0.15, 0.2) is 59.5 Å². The number of thiophene rings is 1. The Balaban J connectivity index is 1.84. The summed E-state index contributed by atoms with van der Waals surface area (Å²) in [5, 5.41) is 2.70. The Morgan fingerprint density at radius 3 is 2.37 bits per heavy atom. The van der Waals surface area contributed by atoms with Gasteiger partial charge in [0.05, 0.1) is 20.5 Å². The fraction of sp³-hybridized carbons (Fsp3) is 0.0556. The highest BCUT2D eigenvalue weighted by atomic mass is 35.5. The lowest BCUT2D eigenvalue weighted by atomic mass is 10.2. The fourth-order valence-electron chi connectivity index (χ4n) is 2.31. The Kier molecular flexibility index (Phi) is 5.76. The molecule has 0 saturated heterocycles. The third-order valence-corrected chi connectivity index (χ3v) is 6.56. The normalized spacial score (nSPS) is 11.2. The van der Waals surface area contributed by atoms with Gasteiger partial charge in [0.1, 0.15) is 4.34 Å². The van der Waals surface area contributed by atoms with Gasteiger partial charge in [-0.3, -0.25) is 9.52 Å². The molecule has 0 fully saturated rings. The van der Waals surface area contributed by atoms with E-state index >= 15 is 0 Å². The molecule has 0 spiro atoms. The summed E-state index contributed by atoms with van der Waals surface area (Å²) in [5.41, 5.74) is 1.77. The molecule has 140 valence electrons. The number of benzene rings is 2. The number of hydrogen-bond donors (Lipinski definition) is 2. The minimum atomic E-state index is -3.74. The van der Waals surface area contributed by atoms with Crippen LogP contribution < -0.4 is 10.0 Å². The first-order valence-corrected chi connectivity index (χ1v) is 10.8. The average molecular weight is 441 g/mol. The van der Waals surface area contributed by atoms with E-state index in [1.807, 2.05) is 0 Å². The second-order valence-corrected chi connectivity index (χ2v) is 9.61. The number of anilines is 2. The molecule has 0 aliphatic heterocycles. The Labute approximate surface area is 171 Å². The molecule has 0 bridgehead atoms. The van der Waals surface area contributed by atoms with Crippen LogP contribution in [0.25, 0.3) is 0 Å². The van der Waals surface area contributed by atoms with E-state index in [9.17, 15) is 13.2 Å². The highest BCUT2D eigenvalue weighted by Gasteiger charge is 2.17. The van der Waals surface area contributed by atoms with Crippen LogP contribution in [-0.4, -0.2) is 14.3 Å². The number of carbonyl (C=O) groups excluding carboxylic acids is 1. The maximum Gasteiger partial charge on any atom is 0.261 e. The molecule has 0 aliphatic carbocycles. The molecule has 27 heavy (non-hydrogen) atoms. The van der Waals surface area contributed by atoms with Crippen LogP contribution in [0.4, 0.5) is 11.4 Å². The van der Waals surface area contributed by atoms with Gasteiger partial charge in [-0.25, -0.2) is 8.42 Å². The summed E-state index contributed by atoms with van der Waals surface area (Å²) < 4.78 is 28.3. The fourth-order valence-corrected chi connectivity index (χ4v) is 4.91. The minimum absolute atomic E-state index is 0.151. The minimum Gasteiger partial charge on any atom is -0.322 e. The highest BCUT2D eigenvalue weighted by molar-refractivity contribution is 7.92. The van der Waals surface area contributed by atoms with Crippen molar-refractivity contribution in [2.24, 2.45) is 0 Å². The van der Waals surface area contributed by atoms with Crippen molar-refractivity contribution in [3.63, 3.8) is 0 Å². The molecule has 0 atom stereocenters. The lowest BCUT2D eigenvalue weighted by Crippen LogP contribution is -2.15. The Hall–Kier alpha value is -2.06. The molecule has 3 aromatic rings. The maximum absolute atomic E-state index is 12.5. The number of sulfonamides is 1. The van der Waals surface area contributed by atoms with Gasteiger partial charge in [0.2, 0.25) is 0 Å². The predicted octanol–water partition coefficient (Wildman–Crippen LogP) is 5.42. The van der Waals surface area contributed by atoms with E-state index in [4.69, 9.17) is 23.2 Å². The number of hydrogen-bond acceptors (Lipinski definition) is 4. The number of amides is 1. The number of rotatable bonds is 5. The first-order valence-electron chi connectivity index (χ1n) is 7.71. The number of aryl methyl sites for hydroxylation is 1. The van der Waals surface area contributed by atoms with Gasteiger partial charge in [-0.15, -0.1) is 11.3 Å². The van der Waals surface area contributed by atoms with E-state index in [1.165, 1.54) is 18.2 Å².